The van der Waals surface area contributed by atoms with Gasteiger partial charge < -0.3 is 10.2 Å². The molecule has 138 valence electrons. The average Bonchev–Trinajstić information content (AvgIpc) is 2.52. The highest BCUT2D eigenvalue weighted by molar-refractivity contribution is 6.30. The zero-order valence-electron chi connectivity index (χ0n) is 15.3. The molecule has 0 spiro atoms. The number of carbonyl (C=O) groups is 2. The van der Waals surface area contributed by atoms with Crippen LogP contribution < -0.4 is 15.5 Å². The molecule has 1 unspecified atom stereocenters. The van der Waals surface area contributed by atoms with Gasteiger partial charge in [0.2, 0.25) is 5.91 Å². The molecule has 1 aliphatic heterocycles. The summed E-state index contributed by atoms with van der Waals surface area (Å²) < 4.78 is 0. The lowest BCUT2D eigenvalue weighted by atomic mass is 10.1. The molecule has 0 saturated carbocycles. The largest absolute Gasteiger partial charge is 0.369 e. The molecule has 0 aromatic heterocycles. The van der Waals surface area contributed by atoms with E-state index < -0.39 is 6.03 Å². The summed E-state index contributed by atoms with van der Waals surface area (Å²) in [4.78, 5) is 28.5. The molecule has 25 heavy (non-hydrogen) atoms. The first kappa shape index (κ1) is 19.5. The molecule has 2 rings (SSSR count). The van der Waals surface area contributed by atoms with E-state index in [0.29, 0.717) is 0 Å². The van der Waals surface area contributed by atoms with E-state index in [1.54, 1.807) is 0 Å². The van der Waals surface area contributed by atoms with Gasteiger partial charge in [-0.3, -0.25) is 15.0 Å². The Morgan fingerprint density at radius 2 is 1.80 bits per heavy atom. The Kier molecular flexibility index (Phi) is 6.30. The van der Waals surface area contributed by atoms with Crippen molar-refractivity contribution in [2.75, 3.05) is 31.1 Å². The standard InChI is InChI=1S/C18H27ClN4O2/c1-13(16(24)20-17(25)21-18(2,3)4)22-8-10-23(11-9-22)15-7-5-6-14(19)12-15/h5-7,12-13H,8-11H2,1-4H3,(H2,20,21,24,25). The number of rotatable bonds is 3. The maximum atomic E-state index is 12.3. The fraction of sp³-hybridized carbons (Fsp3) is 0.556. The number of hydrogen-bond donors (Lipinski definition) is 2. The molecule has 2 N–H and O–H groups in total. The minimum absolute atomic E-state index is 0.280. The zero-order valence-corrected chi connectivity index (χ0v) is 16.1. The summed E-state index contributed by atoms with van der Waals surface area (Å²) in [5.74, 6) is -0.280. The summed E-state index contributed by atoms with van der Waals surface area (Å²) in [5.41, 5.74) is 0.713. The molecule has 1 aliphatic rings. The third-order valence-electron chi connectivity index (χ3n) is 4.14. The van der Waals surface area contributed by atoms with Crippen LogP contribution in [0.2, 0.25) is 5.02 Å². The maximum Gasteiger partial charge on any atom is 0.321 e. The number of anilines is 1. The molecule has 1 heterocycles. The Balaban J connectivity index is 1.85. The highest BCUT2D eigenvalue weighted by Crippen LogP contribution is 2.21. The molecule has 0 aliphatic carbocycles. The number of benzene rings is 1. The van der Waals surface area contributed by atoms with Crippen molar-refractivity contribution in [2.24, 2.45) is 0 Å². The highest BCUT2D eigenvalue weighted by atomic mass is 35.5. The fourth-order valence-corrected chi connectivity index (χ4v) is 2.98. The number of nitrogens with zero attached hydrogens (tertiary/aromatic N) is 2. The number of amides is 3. The van der Waals surface area contributed by atoms with Crippen LogP contribution in [0.15, 0.2) is 24.3 Å². The Bertz CT molecular complexity index is 622. The van der Waals surface area contributed by atoms with Crippen LogP contribution in [0.5, 0.6) is 0 Å². The molecule has 6 nitrogen and oxygen atoms in total. The van der Waals surface area contributed by atoms with E-state index in [0.717, 1.165) is 36.9 Å². The maximum absolute atomic E-state index is 12.3. The molecule has 1 aromatic rings. The summed E-state index contributed by atoms with van der Waals surface area (Å²) in [5, 5.41) is 5.87. The molecule has 1 aromatic carbocycles. The van der Waals surface area contributed by atoms with Gasteiger partial charge in [-0.2, -0.15) is 0 Å². The lowest BCUT2D eigenvalue weighted by molar-refractivity contribution is -0.124. The summed E-state index contributed by atoms with van der Waals surface area (Å²) in [6.45, 7) is 10.6. The van der Waals surface area contributed by atoms with E-state index in [-0.39, 0.29) is 17.5 Å². The SMILES string of the molecule is CC(C(=O)NC(=O)NC(C)(C)C)N1CCN(c2cccc(Cl)c2)CC1. The normalized spacial score (nSPS) is 17.1. The van der Waals surface area contributed by atoms with Gasteiger partial charge in [-0.15, -0.1) is 0 Å². The van der Waals surface area contributed by atoms with Crippen LogP contribution in [0.3, 0.4) is 0 Å². The predicted octanol–water partition coefficient (Wildman–Crippen LogP) is 2.47. The van der Waals surface area contributed by atoms with Gasteiger partial charge in [-0.25, -0.2) is 4.79 Å². The van der Waals surface area contributed by atoms with Crippen LogP contribution in [0, 0.1) is 0 Å². The summed E-state index contributed by atoms with van der Waals surface area (Å²) in [6.07, 6.45) is 0. The number of halogens is 1. The summed E-state index contributed by atoms with van der Waals surface area (Å²) in [7, 11) is 0. The molecule has 1 fully saturated rings. The second kappa shape index (κ2) is 8.06. The third-order valence-corrected chi connectivity index (χ3v) is 4.38. The van der Waals surface area contributed by atoms with Gasteiger partial charge in [0.05, 0.1) is 6.04 Å². The van der Waals surface area contributed by atoms with Gasteiger partial charge in [-0.05, 0) is 45.9 Å². The second-order valence-corrected chi connectivity index (χ2v) is 7.81. The first-order valence-corrected chi connectivity index (χ1v) is 8.91. The molecule has 7 heteroatoms. The Labute approximate surface area is 154 Å². The molecule has 1 atom stereocenters. The quantitative estimate of drug-likeness (QED) is 0.862. The van der Waals surface area contributed by atoms with Crippen LogP contribution in [-0.2, 0) is 4.79 Å². The first-order chi connectivity index (χ1) is 11.7. The van der Waals surface area contributed by atoms with Crippen molar-refractivity contribution in [3.63, 3.8) is 0 Å². The van der Waals surface area contributed by atoms with Crippen molar-refractivity contribution in [3.05, 3.63) is 29.3 Å². The number of carbonyl (C=O) groups excluding carboxylic acids is 2. The van der Waals surface area contributed by atoms with Crippen LogP contribution in [0.1, 0.15) is 27.7 Å². The van der Waals surface area contributed by atoms with Gasteiger partial charge in [0.25, 0.3) is 0 Å². The average molecular weight is 367 g/mol. The number of nitrogens with one attached hydrogen (secondary N) is 2. The zero-order chi connectivity index (χ0) is 18.6. The van der Waals surface area contributed by atoms with E-state index in [1.165, 1.54) is 0 Å². The Morgan fingerprint density at radius 3 is 2.36 bits per heavy atom. The van der Waals surface area contributed by atoms with Crippen molar-refractivity contribution in [1.29, 1.82) is 0 Å². The predicted molar refractivity (Wildman–Crippen MR) is 101 cm³/mol. The lowest BCUT2D eigenvalue weighted by Gasteiger charge is -2.38. The van der Waals surface area contributed by atoms with Crippen molar-refractivity contribution >= 4 is 29.2 Å². The van der Waals surface area contributed by atoms with Gasteiger partial charge in [0, 0.05) is 42.4 Å². The number of piperazine rings is 1. The number of hydrogen-bond acceptors (Lipinski definition) is 4. The third kappa shape index (κ3) is 5.90. The van der Waals surface area contributed by atoms with Crippen LogP contribution in [-0.4, -0.2) is 54.6 Å². The lowest BCUT2D eigenvalue weighted by Crippen LogP contribution is -2.56. The van der Waals surface area contributed by atoms with Crippen molar-refractivity contribution < 1.29 is 9.59 Å². The Morgan fingerprint density at radius 1 is 1.16 bits per heavy atom. The van der Waals surface area contributed by atoms with Crippen molar-refractivity contribution in [2.45, 2.75) is 39.3 Å². The van der Waals surface area contributed by atoms with Crippen LogP contribution >= 0.6 is 11.6 Å². The Hall–Kier alpha value is -1.79. The van der Waals surface area contributed by atoms with E-state index in [4.69, 9.17) is 11.6 Å². The topological polar surface area (TPSA) is 64.7 Å². The minimum atomic E-state index is -0.457. The van der Waals surface area contributed by atoms with E-state index >= 15 is 0 Å². The molecule has 0 radical (unpaired) electrons. The molecule has 3 amide bonds. The first-order valence-electron chi connectivity index (χ1n) is 8.53. The van der Waals surface area contributed by atoms with Crippen LogP contribution in [0.4, 0.5) is 10.5 Å². The highest BCUT2D eigenvalue weighted by Gasteiger charge is 2.27. The molecular formula is C18H27ClN4O2. The molecule has 1 saturated heterocycles. The number of imide groups is 1. The van der Waals surface area contributed by atoms with Gasteiger partial charge in [0.1, 0.15) is 0 Å². The van der Waals surface area contributed by atoms with Gasteiger partial charge in [0.15, 0.2) is 0 Å². The van der Waals surface area contributed by atoms with Crippen molar-refractivity contribution in [3.8, 4) is 0 Å². The van der Waals surface area contributed by atoms with Gasteiger partial charge in [-0.1, -0.05) is 17.7 Å². The van der Waals surface area contributed by atoms with E-state index in [1.807, 2.05) is 52.0 Å². The molecular weight excluding hydrogens is 340 g/mol. The fourth-order valence-electron chi connectivity index (χ4n) is 2.79. The van der Waals surface area contributed by atoms with E-state index in [2.05, 4.69) is 20.4 Å². The van der Waals surface area contributed by atoms with Gasteiger partial charge >= 0.3 is 6.03 Å². The van der Waals surface area contributed by atoms with E-state index in [9.17, 15) is 9.59 Å². The summed E-state index contributed by atoms with van der Waals surface area (Å²) >= 11 is 6.05. The minimum Gasteiger partial charge on any atom is -0.369 e. The molecule has 0 bridgehead atoms. The van der Waals surface area contributed by atoms with Crippen molar-refractivity contribution in [1.82, 2.24) is 15.5 Å². The monoisotopic (exact) mass is 366 g/mol. The van der Waals surface area contributed by atoms with Crippen LogP contribution in [0.25, 0.3) is 0 Å². The smallest absolute Gasteiger partial charge is 0.321 e. The summed E-state index contributed by atoms with van der Waals surface area (Å²) in [6, 6.07) is 6.97. The number of urea groups is 1. The second-order valence-electron chi connectivity index (χ2n) is 7.37.